The molecular weight excluding hydrogens is 328 g/mol. The summed E-state index contributed by atoms with van der Waals surface area (Å²) in [7, 11) is 0. The number of alkyl halides is 3. The minimum absolute atomic E-state index is 0.0503. The minimum atomic E-state index is -4.85. The molecule has 130 valence electrons. The van der Waals surface area contributed by atoms with Gasteiger partial charge in [-0.2, -0.15) is 0 Å². The Balaban J connectivity index is 0.000000174. The van der Waals surface area contributed by atoms with Crippen molar-refractivity contribution in [2.24, 2.45) is 5.73 Å². The fraction of sp³-hybridized carbons (Fsp3) is 0.312. The van der Waals surface area contributed by atoms with Crippen LogP contribution in [-0.4, -0.2) is 18.0 Å². The number of para-hydroxylation sites is 1. The van der Waals surface area contributed by atoms with Crippen molar-refractivity contribution >= 4 is 0 Å². The minimum Gasteiger partial charge on any atom is -0.492 e. The summed E-state index contributed by atoms with van der Waals surface area (Å²) in [4.78, 5) is 4.25. The molecule has 1 aliphatic rings. The van der Waals surface area contributed by atoms with Crippen LogP contribution in [0.15, 0.2) is 36.5 Å². The number of nitrogens with zero attached hydrogens (tertiary/aromatic N) is 1. The smallest absolute Gasteiger partial charge is 0.492 e. The Kier molecular flexibility index (Phi) is 5.61. The first-order valence-corrected chi connectivity index (χ1v) is 7.11. The number of pyridine rings is 1. The summed E-state index contributed by atoms with van der Waals surface area (Å²) in [5.74, 6) is -0.992. The Morgan fingerprint density at radius 1 is 1.29 bits per heavy atom. The second kappa shape index (κ2) is 7.48. The number of aryl methyl sites for hydroxylation is 1. The monoisotopic (exact) mass is 344 g/mol. The quantitative estimate of drug-likeness (QED) is 0.797. The van der Waals surface area contributed by atoms with E-state index in [-0.39, 0.29) is 6.04 Å². The van der Waals surface area contributed by atoms with E-state index in [0.717, 1.165) is 35.6 Å². The highest BCUT2D eigenvalue weighted by molar-refractivity contribution is 5.34. The first-order valence-electron chi connectivity index (χ1n) is 7.11. The molecule has 2 N–H and O–H groups in total. The maximum Gasteiger partial charge on any atom is 0.573 e. The molecule has 0 bridgehead atoms. The number of halogens is 4. The van der Waals surface area contributed by atoms with E-state index in [2.05, 4.69) is 9.72 Å². The zero-order chi connectivity index (χ0) is 17.7. The molecule has 2 heterocycles. The molecule has 1 aromatic carbocycles. The molecule has 3 rings (SSSR count). The fourth-order valence-corrected chi connectivity index (χ4v) is 2.03. The largest absolute Gasteiger partial charge is 0.573 e. The molecule has 0 spiro atoms. The van der Waals surface area contributed by atoms with Crippen LogP contribution in [0, 0.1) is 12.7 Å². The second-order valence-electron chi connectivity index (χ2n) is 5.12. The predicted molar refractivity (Wildman–Crippen MR) is 79.1 cm³/mol. The van der Waals surface area contributed by atoms with Gasteiger partial charge in [0.1, 0.15) is 5.75 Å². The van der Waals surface area contributed by atoms with Crippen molar-refractivity contribution in [1.82, 2.24) is 4.98 Å². The zero-order valence-electron chi connectivity index (χ0n) is 12.8. The number of rotatable bonds is 1. The van der Waals surface area contributed by atoms with Gasteiger partial charge in [0.25, 0.3) is 0 Å². The lowest BCUT2D eigenvalue weighted by atomic mass is 10.1. The van der Waals surface area contributed by atoms with E-state index in [9.17, 15) is 17.6 Å². The Hall–Kier alpha value is -2.35. The lowest BCUT2D eigenvalue weighted by molar-refractivity contribution is -0.275. The number of benzene rings is 1. The standard InChI is InChI=1S/C9H12N2O.C7H4F4O/c1-6-4-8-9(11-5-6)7(10)2-3-12-8;8-5-3-1-2-4-6(5)12-7(9,10)11/h4-5,7H,2-3,10H2,1H3;1-4H/t7-;/m1./s1. The van der Waals surface area contributed by atoms with Gasteiger partial charge in [0.2, 0.25) is 0 Å². The maximum absolute atomic E-state index is 12.5. The van der Waals surface area contributed by atoms with E-state index >= 15 is 0 Å². The average molecular weight is 344 g/mol. The molecule has 0 saturated carbocycles. The third kappa shape index (κ3) is 5.09. The van der Waals surface area contributed by atoms with E-state index in [0.29, 0.717) is 6.61 Å². The second-order valence-corrected chi connectivity index (χ2v) is 5.12. The topological polar surface area (TPSA) is 57.4 Å². The first-order chi connectivity index (χ1) is 11.3. The first kappa shape index (κ1) is 18.0. The van der Waals surface area contributed by atoms with E-state index < -0.39 is 17.9 Å². The summed E-state index contributed by atoms with van der Waals surface area (Å²) >= 11 is 0. The third-order valence-corrected chi connectivity index (χ3v) is 3.12. The molecule has 0 radical (unpaired) electrons. The molecule has 1 aliphatic heterocycles. The summed E-state index contributed by atoms with van der Waals surface area (Å²) in [6.45, 7) is 2.70. The van der Waals surface area contributed by atoms with Crippen molar-refractivity contribution < 1.29 is 27.0 Å². The Morgan fingerprint density at radius 2 is 2.00 bits per heavy atom. The molecule has 0 fully saturated rings. The Bertz CT molecular complexity index is 692. The molecule has 8 heteroatoms. The van der Waals surface area contributed by atoms with Gasteiger partial charge in [-0.05, 0) is 30.7 Å². The summed E-state index contributed by atoms with van der Waals surface area (Å²) in [6, 6.07) is 6.36. The van der Waals surface area contributed by atoms with Gasteiger partial charge in [-0.3, -0.25) is 4.98 Å². The lowest BCUT2D eigenvalue weighted by Crippen LogP contribution is -2.21. The van der Waals surface area contributed by atoms with Crippen LogP contribution in [0.2, 0.25) is 0 Å². The van der Waals surface area contributed by atoms with Crippen LogP contribution in [0.5, 0.6) is 11.5 Å². The highest BCUT2D eigenvalue weighted by Gasteiger charge is 2.32. The lowest BCUT2D eigenvalue weighted by Gasteiger charge is -2.21. The average Bonchev–Trinajstić information content (AvgIpc) is 2.49. The predicted octanol–water partition coefficient (Wildman–Crippen LogP) is 3.90. The normalized spacial score (nSPS) is 16.3. The summed E-state index contributed by atoms with van der Waals surface area (Å²) in [5.41, 5.74) is 7.86. The van der Waals surface area contributed by atoms with Crippen LogP contribution >= 0.6 is 0 Å². The van der Waals surface area contributed by atoms with Gasteiger partial charge in [-0.25, -0.2) is 4.39 Å². The van der Waals surface area contributed by atoms with Crippen LogP contribution in [0.3, 0.4) is 0 Å². The molecule has 4 nitrogen and oxygen atoms in total. The highest BCUT2D eigenvalue weighted by Crippen LogP contribution is 2.28. The zero-order valence-corrected chi connectivity index (χ0v) is 12.8. The van der Waals surface area contributed by atoms with Crippen molar-refractivity contribution in [3.05, 3.63) is 53.6 Å². The summed E-state index contributed by atoms with van der Waals surface area (Å²) in [6.07, 6.45) is -2.15. The Morgan fingerprint density at radius 3 is 2.67 bits per heavy atom. The summed E-state index contributed by atoms with van der Waals surface area (Å²) in [5, 5.41) is 0. The van der Waals surface area contributed by atoms with E-state index in [1.54, 1.807) is 0 Å². The molecule has 0 saturated heterocycles. The van der Waals surface area contributed by atoms with E-state index in [1.165, 1.54) is 12.1 Å². The van der Waals surface area contributed by atoms with Gasteiger partial charge in [-0.15, -0.1) is 13.2 Å². The van der Waals surface area contributed by atoms with E-state index in [4.69, 9.17) is 10.5 Å². The van der Waals surface area contributed by atoms with Gasteiger partial charge in [0, 0.05) is 12.6 Å². The van der Waals surface area contributed by atoms with Crippen molar-refractivity contribution in [3.8, 4) is 11.5 Å². The van der Waals surface area contributed by atoms with Crippen molar-refractivity contribution in [2.45, 2.75) is 25.7 Å². The molecule has 0 aliphatic carbocycles. The molecule has 0 amide bonds. The number of fused-ring (bicyclic) bond motifs is 1. The van der Waals surface area contributed by atoms with Crippen LogP contribution in [0.1, 0.15) is 23.7 Å². The van der Waals surface area contributed by atoms with E-state index in [1.807, 2.05) is 19.2 Å². The van der Waals surface area contributed by atoms with Crippen molar-refractivity contribution in [2.75, 3.05) is 6.61 Å². The molecule has 2 aromatic rings. The molecule has 1 atom stereocenters. The highest BCUT2D eigenvalue weighted by atomic mass is 19.4. The molecule has 1 aromatic heterocycles. The summed E-state index contributed by atoms with van der Waals surface area (Å²) < 4.78 is 55.9. The maximum atomic E-state index is 12.5. The van der Waals surface area contributed by atoms with Crippen molar-refractivity contribution in [3.63, 3.8) is 0 Å². The van der Waals surface area contributed by atoms with Crippen LogP contribution in [0.4, 0.5) is 17.6 Å². The SMILES string of the molecule is Cc1cnc2c(c1)OCC[C@H]2N.Fc1ccccc1OC(F)(F)F. The molecule has 24 heavy (non-hydrogen) atoms. The Labute approximate surface area is 136 Å². The van der Waals surface area contributed by atoms with Gasteiger partial charge in [-0.1, -0.05) is 12.1 Å². The van der Waals surface area contributed by atoms with Crippen LogP contribution in [-0.2, 0) is 0 Å². The van der Waals surface area contributed by atoms with Crippen LogP contribution < -0.4 is 15.2 Å². The van der Waals surface area contributed by atoms with Crippen molar-refractivity contribution in [1.29, 1.82) is 0 Å². The fourth-order valence-electron chi connectivity index (χ4n) is 2.03. The molecule has 0 unspecified atom stereocenters. The number of aromatic nitrogens is 1. The van der Waals surface area contributed by atoms with Gasteiger partial charge >= 0.3 is 6.36 Å². The number of hydrogen-bond acceptors (Lipinski definition) is 4. The number of ether oxygens (including phenoxy) is 2. The van der Waals surface area contributed by atoms with Crippen LogP contribution in [0.25, 0.3) is 0 Å². The number of nitrogens with two attached hydrogens (primary N) is 1. The van der Waals surface area contributed by atoms with Gasteiger partial charge in [0.05, 0.1) is 18.3 Å². The molecular formula is C16H16F4N2O2. The third-order valence-electron chi connectivity index (χ3n) is 3.12. The number of hydrogen-bond donors (Lipinski definition) is 1. The van der Waals surface area contributed by atoms with Gasteiger partial charge < -0.3 is 15.2 Å². The van der Waals surface area contributed by atoms with Gasteiger partial charge in [0.15, 0.2) is 11.6 Å².